The molecule has 0 spiro atoms. The van der Waals surface area contributed by atoms with E-state index >= 15 is 0 Å². The van der Waals surface area contributed by atoms with Crippen molar-refractivity contribution in [2.24, 2.45) is 0 Å². The lowest BCUT2D eigenvalue weighted by Crippen LogP contribution is -2.37. The van der Waals surface area contributed by atoms with E-state index < -0.39 is 17.8 Å². The molecule has 12 nitrogen and oxygen atoms in total. The summed E-state index contributed by atoms with van der Waals surface area (Å²) in [5.74, 6) is 0. The molecule has 0 unspecified atom stereocenters. The van der Waals surface area contributed by atoms with Crippen molar-refractivity contribution in [3.8, 4) is 0 Å². The van der Waals surface area contributed by atoms with Crippen LogP contribution in [0.5, 0.6) is 0 Å². The van der Waals surface area contributed by atoms with E-state index in [4.69, 9.17) is 37.9 Å². The quantitative estimate of drug-likeness (QED) is 0.0570. The molecule has 0 heterocycles. The highest BCUT2D eigenvalue weighted by Gasteiger charge is 2.25. The lowest BCUT2D eigenvalue weighted by Gasteiger charge is -2.31. The minimum Gasteiger partial charge on any atom is -0.449 e. The normalized spacial score (nSPS) is 12.4. The molecule has 0 radical (unpaired) electrons. The van der Waals surface area contributed by atoms with E-state index in [1.54, 1.807) is 7.11 Å². The van der Waals surface area contributed by atoms with E-state index in [9.17, 15) is 9.59 Å². The molecule has 0 aliphatic rings. The number of hydrogen-bond donors (Lipinski definition) is 2. The third kappa shape index (κ3) is 44.7. The first-order valence-electron chi connectivity index (χ1n) is 24.9. The van der Waals surface area contributed by atoms with Crippen LogP contribution < -0.4 is 10.6 Å². The second-order valence-electron chi connectivity index (χ2n) is 17.9. The van der Waals surface area contributed by atoms with Crippen LogP contribution >= 0.6 is 0 Å². The van der Waals surface area contributed by atoms with Gasteiger partial charge < -0.3 is 48.5 Å². The van der Waals surface area contributed by atoms with Crippen molar-refractivity contribution >= 4 is 12.2 Å². The molecule has 0 saturated carbocycles. The SMILES string of the molecule is CCCCCCCCCCCCCCOC[C@@H](COC(=O)NCCOCCOCCNC(=O)OCCC(C)(C)OCC(C)(C)OC)OCCCCCCCCCCCCCC. The summed E-state index contributed by atoms with van der Waals surface area (Å²) in [4.78, 5) is 24.4. The lowest BCUT2D eigenvalue weighted by molar-refractivity contribution is -0.112. The zero-order valence-corrected chi connectivity index (χ0v) is 40.8. The number of nitrogens with one attached hydrogen (secondary N) is 2. The largest absolute Gasteiger partial charge is 0.449 e. The number of alkyl carbamates (subject to hydrolysis) is 2. The maximum Gasteiger partial charge on any atom is 0.407 e. The zero-order valence-electron chi connectivity index (χ0n) is 40.8. The van der Waals surface area contributed by atoms with Gasteiger partial charge in [0.1, 0.15) is 12.7 Å². The molecule has 364 valence electrons. The summed E-state index contributed by atoms with van der Waals surface area (Å²) in [6.07, 6.45) is 30.7. The van der Waals surface area contributed by atoms with Crippen LogP contribution in [0.4, 0.5) is 9.59 Å². The number of ether oxygens (including phenoxy) is 8. The molecule has 2 N–H and O–H groups in total. The number of carbonyl (C=O) groups excluding carboxylic acids is 2. The van der Waals surface area contributed by atoms with Crippen molar-refractivity contribution in [1.29, 1.82) is 0 Å². The van der Waals surface area contributed by atoms with Gasteiger partial charge in [-0.2, -0.15) is 0 Å². The van der Waals surface area contributed by atoms with Crippen LogP contribution in [0.2, 0.25) is 0 Å². The minimum absolute atomic E-state index is 0.151. The first-order valence-corrected chi connectivity index (χ1v) is 24.9. The molecule has 0 aliphatic carbocycles. The number of rotatable bonds is 47. The molecule has 1 atom stereocenters. The van der Waals surface area contributed by atoms with E-state index in [2.05, 4.69) is 24.5 Å². The molecule has 0 bridgehead atoms. The van der Waals surface area contributed by atoms with Crippen LogP contribution in [0.15, 0.2) is 0 Å². The van der Waals surface area contributed by atoms with Gasteiger partial charge in [0.15, 0.2) is 0 Å². The Kier molecular flexibility index (Phi) is 42.3. The topological polar surface area (TPSA) is 132 Å². The number of methoxy groups -OCH3 is 1. The molecule has 12 heteroatoms. The van der Waals surface area contributed by atoms with Gasteiger partial charge in [-0.15, -0.1) is 0 Å². The van der Waals surface area contributed by atoms with Crippen LogP contribution in [0, 0.1) is 0 Å². The standard InChI is InChI=1S/C49H98N2O10/c1-8-10-12-14-16-18-20-22-24-26-28-30-35-57-42-45(58-36-31-29-27-25-23-21-19-17-15-13-11-9-2)43-60-47(53)51-34-39-56-41-40-55-38-33-50-46(52)59-37-32-48(3,4)61-44-49(5,6)54-7/h45H,8-44H2,1-7H3,(H,50,52)(H,51,53)/t45-/m0/s1. The van der Waals surface area contributed by atoms with E-state index in [-0.39, 0.29) is 24.9 Å². The molecule has 0 fully saturated rings. The fourth-order valence-electron chi connectivity index (χ4n) is 6.53. The Morgan fingerprint density at radius 1 is 0.459 bits per heavy atom. The summed E-state index contributed by atoms with van der Waals surface area (Å²) in [5, 5.41) is 5.42. The van der Waals surface area contributed by atoms with Crippen molar-refractivity contribution in [2.45, 2.75) is 219 Å². The van der Waals surface area contributed by atoms with E-state index in [1.165, 1.54) is 135 Å². The second-order valence-corrected chi connectivity index (χ2v) is 17.9. The van der Waals surface area contributed by atoms with Crippen LogP contribution in [-0.2, 0) is 37.9 Å². The molecule has 0 aromatic rings. The molecule has 61 heavy (non-hydrogen) atoms. The van der Waals surface area contributed by atoms with Gasteiger partial charge in [-0.1, -0.05) is 155 Å². The number of carbonyl (C=O) groups is 2. The summed E-state index contributed by atoms with van der Waals surface area (Å²) >= 11 is 0. The zero-order chi connectivity index (χ0) is 45.0. The van der Waals surface area contributed by atoms with Crippen molar-refractivity contribution < 1.29 is 47.5 Å². The fraction of sp³-hybridized carbons (Fsp3) is 0.959. The van der Waals surface area contributed by atoms with Crippen LogP contribution in [-0.4, -0.2) is 116 Å². The first kappa shape index (κ1) is 59.3. The Morgan fingerprint density at radius 3 is 1.34 bits per heavy atom. The van der Waals surface area contributed by atoms with Gasteiger partial charge in [0.05, 0.1) is 57.5 Å². The molecule has 2 amide bonds. The van der Waals surface area contributed by atoms with Gasteiger partial charge >= 0.3 is 12.2 Å². The first-order chi connectivity index (χ1) is 29.5. The summed E-state index contributed by atoms with van der Waals surface area (Å²) < 4.78 is 45.3. The van der Waals surface area contributed by atoms with E-state index in [0.29, 0.717) is 72.4 Å². The summed E-state index contributed by atoms with van der Waals surface area (Å²) in [5.41, 5.74) is -0.822. The summed E-state index contributed by atoms with van der Waals surface area (Å²) in [7, 11) is 1.66. The molecular formula is C49H98N2O10. The summed E-state index contributed by atoms with van der Waals surface area (Å²) in [6.45, 7) is 17.0. The van der Waals surface area contributed by atoms with Crippen LogP contribution in [0.1, 0.15) is 202 Å². The second kappa shape index (κ2) is 43.5. The third-order valence-electron chi connectivity index (χ3n) is 10.9. The lowest BCUT2D eigenvalue weighted by atomic mass is 10.1. The predicted molar refractivity (Wildman–Crippen MR) is 249 cm³/mol. The summed E-state index contributed by atoms with van der Waals surface area (Å²) in [6, 6.07) is 0. The molecular weight excluding hydrogens is 777 g/mol. The Bertz CT molecular complexity index is 954. The molecule has 0 rings (SSSR count). The monoisotopic (exact) mass is 875 g/mol. The van der Waals surface area contributed by atoms with E-state index in [0.717, 1.165) is 19.3 Å². The van der Waals surface area contributed by atoms with Gasteiger partial charge in [0.25, 0.3) is 0 Å². The Balaban J connectivity index is 4.14. The van der Waals surface area contributed by atoms with Gasteiger partial charge in [0, 0.05) is 39.8 Å². The van der Waals surface area contributed by atoms with Gasteiger partial charge in [-0.05, 0) is 40.5 Å². The van der Waals surface area contributed by atoms with Crippen molar-refractivity contribution in [3.05, 3.63) is 0 Å². The Labute approximate surface area is 375 Å². The smallest absolute Gasteiger partial charge is 0.407 e. The highest BCUT2D eigenvalue weighted by atomic mass is 16.6. The highest BCUT2D eigenvalue weighted by Crippen LogP contribution is 2.19. The van der Waals surface area contributed by atoms with Crippen LogP contribution in [0.3, 0.4) is 0 Å². The molecule has 0 saturated heterocycles. The van der Waals surface area contributed by atoms with Crippen LogP contribution in [0.25, 0.3) is 0 Å². The maximum atomic E-state index is 12.4. The predicted octanol–water partition coefficient (Wildman–Crippen LogP) is 11.9. The highest BCUT2D eigenvalue weighted by molar-refractivity contribution is 5.67. The average molecular weight is 875 g/mol. The van der Waals surface area contributed by atoms with Gasteiger partial charge in [-0.25, -0.2) is 9.59 Å². The average Bonchev–Trinajstić information content (AvgIpc) is 3.24. The number of unbranched alkanes of at least 4 members (excludes halogenated alkanes) is 22. The maximum absolute atomic E-state index is 12.4. The third-order valence-corrected chi connectivity index (χ3v) is 10.9. The Hall–Kier alpha value is -1.70. The molecule has 0 aromatic heterocycles. The Morgan fingerprint density at radius 2 is 0.885 bits per heavy atom. The van der Waals surface area contributed by atoms with Crippen molar-refractivity contribution in [2.75, 3.05) is 86.3 Å². The molecule has 0 aromatic carbocycles. The van der Waals surface area contributed by atoms with Gasteiger partial charge in [-0.3, -0.25) is 0 Å². The van der Waals surface area contributed by atoms with Gasteiger partial charge in [0.2, 0.25) is 0 Å². The fourth-order valence-corrected chi connectivity index (χ4v) is 6.53. The number of amides is 2. The number of hydrogen-bond acceptors (Lipinski definition) is 10. The minimum atomic E-state index is -0.496. The molecule has 0 aliphatic heterocycles. The van der Waals surface area contributed by atoms with Crippen molar-refractivity contribution in [3.63, 3.8) is 0 Å². The van der Waals surface area contributed by atoms with Crippen molar-refractivity contribution in [1.82, 2.24) is 10.6 Å². The van der Waals surface area contributed by atoms with E-state index in [1.807, 2.05) is 27.7 Å².